The maximum absolute atomic E-state index is 8.36. The lowest BCUT2D eigenvalue weighted by Crippen LogP contribution is -2.35. The van der Waals surface area contributed by atoms with Gasteiger partial charge in [0.2, 0.25) is 0 Å². The Morgan fingerprint density at radius 3 is 2.84 bits per heavy atom. The minimum atomic E-state index is 0.690. The summed E-state index contributed by atoms with van der Waals surface area (Å²) in [5, 5.41) is 11.7. The van der Waals surface area contributed by atoms with Gasteiger partial charge in [-0.25, -0.2) is 0 Å². The molecule has 2 N–H and O–H groups in total. The molecule has 1 aromatic carbocycles. The minimum Gasteiger partial charge on any atom is -0.377 e. The summed E-state index contributed by atoms with van der Waals surface area (Å²) in [5.41, 5.74) is 5.96. The van der Waals surface area contributed by atoms with Crippen molar-refractivity contribution in [1.29, 1.82) is 5.41 Å². The van der Waals surface area contributed by atoms with Gasteiger partial charge in [0.05, 0.1) is 5.71 Å². The lowest BCUT2D eigenvalue weighted by molar-refractivity contribution is 0.252. The van der Waals surface area contributed by atoms with Gasteiger partial charge in [-0.15, -0.1) is 11.3 Å². The summed E-state index contributed by atoms with van der Waals surface area (Å²) in [6.07, 6.45) is 7.80. The number of fused-ring (bicyclic) bond motifs is 3. The summed E-state index contributed by atoms with van der Waals surface area (Å²) in [5.74, 6) is 0.706. The molecule has 0 atom stereocenters. The predicted octanol–water partition coefficient (Wildman–Crippen LogP) is 4.91. The Kier molecular flexibility index (Phi) is 3.52. The van der Waals surface area contributed by atoms with Gasteiger partial charge in [0.25, 0.3) is 0 Å². The number of allylic oxidation sites excluding steroid dienone is 1. The Bertz CT molecular complexity index is 956. The van der Waals surface area contributed by atoms with Crippen molar-refractivity contribution in [3.05, 3.63) is 64.1 Å². The van der Waals surface area contributed by atoms with Crippen LogP contribution in [0, 0.1) is 11.3 Å². The molecule has 0 aliphatic carbocycles. The van der Waals surface area contributed by atoms with Crippen molar-refractivity contribution in [2.45, 2.75) is 19.3 Å². The van der Waals surface area contributed by atoms with E-state index in [1.54, 1.807) is 11.3 Å². The number of hydrogen-bond acceptors (Lipinski definition) is 3. The van der Waals surface area contributed by atoms with E-state index in [0.717, 1.165) is 4.88 Å². The van der Waals surface area contributed by atoms with Crippen molar-refractivity contribution in [1.82, 2.24) is 9.88 Å². The molecule has 0 saturated carbocycles. The highest BCUT2D eigenvalue weighted by molar-refractivity contribution is 7.12. The van der Waals surface area contributed by atoms with Crippen LogP contribution in [0.1, 0.15) is 28.8 Å². The molecule has 6 rings (SSSR count). The van der Waals surface area contributed by atoms with E-state index in [2.05, 4.69) is 40.5 Å². The van der Waals surface area contributed by atoms with Crippen LogP contribution in [0.4, 0.5) is 0 Å². The number of nitrogens with zero attached hydrogens (tertiary/aromatic N) is 1. The van der Waals surface area contributed by atoms with Crippen LogP contribution in [0.25, 0.3) is 16.5 Å². The topological polar surface area (TPSA) is 42.9 Å². The summed E-state index contributed by atoms with van der Waals surface area (Å²) in [4.78, 5) is 6.97. The van der Waals surface area contributed by atoms with Gasteiger partial charge in [-0.05, 0) is 53.5 Å². The number of aromatic nitrogens is 1. The number of benzene rings is 1. The third kappa shape index (κ3) is 2.61. The molecular weight excluding hydrogens is 326 g/mol. The molecule has 3 aliphatic rings. The number of nitrogens with one attached hydrogen (secondary N) is 2. The van der Waals surface area contributed by atoms with Gasteiger partial charge >= 0.3 is 0 Å². The second-order valence-electron chi connectivity index (χ2n) is 7.11. The van der Waals surface area contributed by atoms with Crippen molar-refractivity contribution in [3.63, 3.8) is 0 Å². The van der Waals surface area contributed by atoms with E-state index >= 15 is 0 Å². The molecule has 3 aromatic rings. The lowest BCUT2D eigenvalue weighted by Gasteiger charge is -2.39. The lowest BCUT2D eigenvalue weighted by atomic mass is 9.82. The molecule has 5 heterocycles. The van der Waals surface area contributed by atoms with Crippen LogP contribution in [0.2, 0.25) is 0 Å². The zero-order chi connectivity index (χ0) is 16.8. The number of hydrogen-bond donors (Lipinski definition) is 2. The summed E-state index contributed by atoms with van der Waals surface area (Å²) in [7, 11) is 0. The third-order valence-corrected chi connectivity index (χ3v) is 6.48. The molecule has 126 valence electrons. The highest BCUT2D eigenvalue weighted by Gasteiger charge is 2.28. The fourth-order valence-corrected chi connectivity index (χ4v) is 4.86. The summed E-state index contributed by atoms with van der Waals surface area (Å²) in [6, 6.07) is 10.6. The largest absolute Gasteiger partial charge is 0.377 e. The Labute approximate surface area is 151 Å². The Hall–Kier alpha value is -2.33. The van der Waals surface area contributed by atoms with E-state index in [1.807, 2.05) is 17.5 Å². The first-order valence-corrected chi connectivity index (χ1v) is 9.83. The molecule has 3 aliphatic heterocycles. The Morgan fingerprint density at radius 2 is 2.12 bits per heavy atom. The molecule has 2 bridgehead atoms. The zero-order valence-corrected chi connectivity index (χ0v) is 14.9. The van der Waals surface area contributed by atoms with Gasteiger partial charge in [0.15, 0.2) is 0 Å². The molecule has 0 unspecified atom stereocenters. The van der Waals surface area contributed by atoms with Gasteiger partial charge < -0.3 is 15.3 Å². The standard InChI is InChI=1S/C21H21N3S/c22-19(21-2-1-9-25-21)11-14-3-4-20-16(10-14)17(12-23-20)18-13-24-7-5-15(18)6-8-24/h1-4,9-10,12-13,15,22-23H,5-8,11H2. The quantitative estimate of drug-likeness (QED) is 0.647. The van der Waals surface area contributed by atoms with Crippen LogP contribution in [0.15, 0.2) is 48.1 Å². The fourth-order valence-electron chi connectivity index (χ4n) is 4.19. The summed E-state index contributed by atoms with van der Waals surface area (Å²) < 4.78 is 0. The number of piperidine rings is 1. The van der Waals surface area contributed by atoms with Crippen molar-refractivity contribution in [2.75, 3.05) is 13.1 Å². The SMILES string of the molecule is N=C(Cc1ccc2[nH]cc(C3=CN4CCC3CC4)c2c1)c1cccs1. The highest BCUT2D eigenvalue weighted by Crippen LogP contribution is 2.40. The van der Waals surface area contributed by atoms with E-state index < -0.39 is 0 Å². The third-order valence-electron chi connectivity index (χ3n) is 5.55. The van der Waals surface area contributed by atoms with Gasteiger partial charge in [0.1, 0.15) is 0 Å². The van der Waals surface area contributed by atoms with E-state index in [9.17, 15) is 0 Å². The minimum absolute atomic E-state index is 0.690. The molecule has 0 spiro atoms. The molecular formula is C21H21N3S. The van der Waals surface area contributed by atoms with Crippen molar-refractivity contribution < 1.29 is 0 Å². The first kappa shape index (κ1) is 15.0. The van der Waals surface area contributed by atoms with Gasteiger partial charge in [-0.3, -0.25) is 0 Å². The normalized spacial score (nSPS) is 17.3. The molecule has 25 heavy (non-hydrogen) atoms. The van der Waals surface area contributed by atoms with Crippen LogP contribution in [-0.2, 0) is 6.42 Å². The van der Waals surface area contributed by atoms with E-state index in [4.69, 9.17) is 5.41 Å². The Morgan fingerprint density at radius 1 is 1.24 bits per heavy atom. The molecule has 0 radical (unpaired) electrons. The zero-order valence-electron chi connectivity index (χ0n) is 14.1. The summed E-state index contributed by atoms with van der Waals surface area (Å²) in [6.45, 7) is 2.42. The number of thiophene rings is 1. The average molecular weight is 347 g/mol. The maximum atomic E-state index is 8.36. The van der Waals surface area contributed by atoms with Crippen LogP contribution < -0.4 is 0 Å². The van der Waals surface area contributed by atoms with Crippen molar-refractivity contribution in [3.8, 4) is 0 Å². The van der Waals surface area contributed by atoms with E-state index in [1.165, 1.54) is 53.5 Å². The van der Waals surface area contributed by atoms with Gasteiger partial charge in [-0.1, -0.05) is 12.1 Å². The first-order valence-electron chi connectivity index (χ1n) is 8.95. The second kappa shape index (κ2) is 5.88. The predicted molar refractivity (Wildman–Crippen MR) is 105 cm³/mol. The molecule has 1 fully saturated rings. The van der Waals surface area contributed by atoms with Crippen LogP contribution in [-0.4, -0.2) is 28.7 Å². The van der Waals surface area contributed by atoms with Crippen LogP contribution in [0.5, 0.6) is 0 Å². The average Bonchev–Trinajstić information content (AvgIpc) is 3.32. The maximum Gasteiger partial charge on any atom is 0.0529 e. The van der Waals surface area contributed by atoms with Crippen LogP contribution >= 0.6 is 11.3 Å². The molecule has 3 nitrogen and oxygen atoms in total. The monoisotopic (exact) mass is 347 g/mol. The van der Waals surface area contributed by atoms with Crippen molar-refractivity contribution in [2.24, 2.45) is 5.92 Å². The fraction of sp³-hybridized carbons (Fsp3) is 0.286. The second-order valence-corrected chi connectivity index (χ2v) is 8.06. The van der Waals surface area contributed by atoms with E-state index in [0.29, 0.717) is 18.1 Å². The summed E-state index contributed by atoms with van der Waals surface area (Å²) >= 11 is 1.64. The number of rotatable bonds is 4. The molecule has 2 aromatic heterocycles. The molecule has 1 saturated heterocycles. The van der Waals surface area contributed by atoms with Crippen molar-refractivity contribution >= 4 is 33.5 Å². The molecule has 0 amide bonds. The molecule has 4 heteroatoms. The highest BCUT2D eigenvalue weighted by atomic mass is 32.1. The smallest absolute Gasteiger partial charge is 0.0529 e. The Balaban J connectivity index is 1.51. The number of H-pyrrole nitrogens is 1. The van der Waals surface area contributed by atoms with Gasteiger partial charge in [-0.2, -0.15) is 0 Å². The number of aromatic amines is 1. The van der Waals surface area contributed by atoms with Crippen LogP contribution in [0.3, 0.4) is 0 Å². The van der Waals surface area contributed by atoms with E-state index in [-0.39, 0.29) is 0 Å². The van der Waals surface area contributed by atoms with Gasteiger partial charge in [0, 0.05) is 53.3 Å². The first-order chi connectivity index (χ1) is 12.3.